The average molecular weight is 708 g/mol. The Morgan fingerprint density at radius 1 is 0.940 bits per heavy atom. The van der Waals surface area contributed by atoms with Gasteiger partial charge in [-0.1, -0.05) is 86.3 Å². The number of ketones is 1. The second kappa shape index (κ2) is 19.8. The molecule has 6 N–H and O–H groups in total. The van der Waals surface area contributed by atoms with E-state index in [4.69, 9.17) is 27.8 Å². The molecule has 11 nitrogen and oxygen atoms in total. The Bertz CT molecular complexity index is 1560. The van der Waals surface area contributed by atoms with Crippen LogP contribution in [0.5, 0.6) is 0 Å². The van der Waals surface area contributed by atoms with Gasteiger partial charge in [0.05, 0.1) is 0 Å². The molecule has 0 unspecified atom stereocenters. The number of halogens is 1. The summed E-state index contributed by atoms with van der Waals surface area (Å²) in [5.41, 5.74) is 14.4. The fraction of sp³-hybridized carbons (Fsp3) is 0.500. The van der Waals surface area contributed by atoms with Crippen LogP contribution in [0.25, 0.3) is 0 Å². The number of nitrogens with two attached hydrogens (primary N) is 2. The number of benzene rings is 2. The van der Waals surface area contributed by atoms with E-state index >= 15 is 0 Å². The second-order valence-electron chi connectivity index (χ2n) is 13.7. The van der Waals surface area contributed by atoms with Gasteiger partial charge >= 0.3 is 6.09 Å². The summed E-state index contributed by atoms with van der Waals surface area (Å²) in [6.07, 6.45) is 6.20. The summed E-state index contributed by atoms with van der Waals surface area (Å²) in [4.78, 5) is 49.2. The van der Waals surface area contributed by atoms with E-state index in [1.54, 1.807) is 4.90 Å². The van der Waals surface area contributed by atoms with E-state index in [0.717, 1.165) is 42.6 Å². The van der Waals surface area contributed by atoms with Crippen LogP contribution < -0.4 is 22.1 Å². The average Bonchev–Trinajstić information content (AvgIpc) is 3.06. The molecule has 3 rings (SSSR count). The zero-order chi connectivity index (χ0) is 36.7. The van der Waals surface area contributed by atoms with Crippen LogP contribution >= 0.6 is 11.6 Å². The Labute approximate surface area is 301 Å². The van der Waals surface area contributed by atoms with E-state index in [9.17, 15) is 14.4 Å². The Balaban J connectivity index is 1.74. The molecule has 1 heterocycles. The van der Waals surface area contributed by atoms with Crippen LogP contribution in [0.15, 0.2) is 48.5 Å². The third-order valence-corrected chi connectivity index (χ3v) is 8.46. The van der Waals surface area contributed by atoms with Crippen molar-refractivity contribution in [3.8, 4) is 0 Å². The Morgan fingerprint density at radius 3 is 2.32 bits per heavy atom. The number of ether oxygens (including phenoxy) is 1. The van der Waals surface area contributed by atoms with Gasteiger partial charge in [0, 0.05) is 31.6 Å². The van der Waals surface area contributed by atoms with E-state index in [1.807, 2.05) is 76.2 Å². The molecule has 0 fully saturated rings. The number of carbonyl (C=O) groups excluding carboxylic acids is 3. The number of anilines is 2. The normalized spacial score (nSPS) is 12.0. The molecule has 0 spiro atoms. The highest BCUT2D eigenvalue weighted by atomic mass is 35.5. The minimum atomic E-state index is -0.722. The first-order valence-electron chi connectivity index (χ1n) is 17.5. The molecule has 2 amide bonds. The first kappa shape index (κ1) is 40.2. The molecule has 50 heavy (non-hydrogen) atoms. The summed E-state index contributed by atoms with van der Waals surface area (Å²) in [5.74, 6) is -0.892. The van der Waals surface area contributed by atoms with E-state index in [1.165, 1.54) is 19.3 Å². The number of rotatable bonds is 19. The molecule has 12 heteroatoms. The molecule has 0 saturated carbocycles. The van der Waals surface area contributed by atoms with Crippen molar-refractivity contribution in [1.29, 1.82) is 0 Å². The number of Topliss-reactive ketones (excluding diaryl/α,β-unsaturated/α-hetero) is 1. The second-order valence-corrected chi connectivity index (χ2v) is 14.1. The lowest BCUT2D eigenvalue weighted by molar-refractivity contribution is 0.0202. The lowest BCUT2D eigenvalue weighted by Gasteiger charge is -2.31. The maximum atomic E-state index is 13.6. The number of hydrogen-bond acceptors (Lipinski definition) is 9. The number of unbranched alkanes of at least 4 members (excludes halogenated alkanes) is 3. The standard InChI is InChI=1S/C38H54ClN7O4/c1-6-7-8-11-20-42-21-12-15-31(47)29-18-16-27(17-19-29)24-46(37(49)50-38(3,4)5)25-28(22-30-14-10-9-13-26(30)2)23-43-36(48)32-34(40)45-35(41)33(39)44-32/h9-10,13-14,16-19,28,42H,6-8,11-12,15,20-25H2,1-5H3,(H,43,48)(H4,40,41,45)/t28-/m1/s1. The third kappa shape index (κ3) is 13.6. The van der Waals surface area contributed by atoms with Gasteiger partial charge in [-0.3, -0.25) is 9.59 Å². The number of carbonyl (C=O) groups is 3. The van der Waals surface area contributed by atoms with Gasteiger partial charge in [-0.25, -0.2) is 14.8 Å². The molecule has 1 atom stereocenters. The number of aryl methyl sites for hydroxylation is 1. The number of nitrogens with zero attached hydrogens (tertiary/aromatic N) is 3. The van der Waals surface area contributed by atoms with Crippen molar-refractivity contribution in [3.63, 3.8) is 0 Å². The van der Waals surface area contributed by atoms with E-state index in [0.29, 0.717) is 18.4 Å². The predicted octanol–water partition coefficient (Wildman–Crippen LogP) is 6.76. The molecule has 2 aromatic carbocycles. The predicted molar refractivity (Wildman–Crippen MR) is 200 cm³/mol. The minimum absolute atomic E-state index is 0.0654. The van der Waals surface area contributed by atoms with Gasteiger partial charge in [0.25, 0.3) is 5.91 Å². The Hall–Kier alpha value is -4.22. The number of aromatic nitrogens is 2. The van der Waals surface area contributed by atoms with Crippen molar-refractivity contribution in [2.45, 2.75) is 91.7 Å². The first-order valence-corrected chi connectivity index (χ1v) is 17.9. The number of amides is 2. The van der Waals surface area contributed by atoms with Crippen molar-refractivity contribution in [3.05, 3.63) is 81.6 Å². The largest absolute Gasteiger partial charge is 0.444 e. The molecule has 0 aliphatic heterocycles. The summed E-state index contributed by atoms with van der Waals surface area (Å²) in [6.45, 7) is 12.2. The van der Waals surface area contributed by atoms with Crippen LogP contribution in [0, 0.1) is 12.8 Å². The summed E-state index contributed by atoms with van der Waals surface area (Å²) < 4.78 is 5.81. The van der Waals surface area contributed by atoms with Gasteiger partial charge in [-0.15, -0.1) is 0 Å². The van der Waals surface area contributed by atoms with Crippen molar-refractivity contribution in [2.24, 2.45) is 5.92 Å². The monoisotopic (exact) mass is 707 g/mol. The van der Waals surface area contributed by atoms with E-state index < -0.39 is 17.6 Å². The summed E-state index contributed by atoms with van der Waals surface area (Å²) in [6, 6.07) is 15.4. The van der Waals surface area contributed by atoms with Gasteiger partial charge in [-0.05, 0) is 82.7 Å². The highest BCUT2D eigenvalue weighted by molar-refractivity contribution is 6.31. The molecule has 0 radical (unpaired) electrons. The fourth-order valence-electron chi connectivity index (χ4n) is 5.46. The van der Waals surface area contributed by atoms with Gasteiger partial charge in [-0.2, -0.15) is 0 Å². The third-order valence-electron chi connectivity index (χ3n) is 8.19. The zero-order valence-electron chi connectivity index (χ0n) is 30.2. The molecule has 3 aromatic rings. The van der Waals surface area contributed by atoms with E-state index in [2.05, 4.69) is 27.5 Å². The number of hydrogen-bond donors (Lipinski definition) is 4. The fourth-order valence-corrected chi connectivity index (χ4v) is 5.59. The van der Waals surface area contributed by atoms with Crippen molar-refractivity contribution in [2.75, 3.05) is 37.6 Å². The lowest BCUT2D eigenvalue weighted by Crippen LogP contribution is -2.42. The lowest BCUT2D eigenvalue weighted by atomic mass is 9.95. The maximum absolute atomic E-state index is 13.6. The highest BCUT2D eigenvalue weighted by Gasteiger charge is 2.27. The molecule has 0 bridgehead atoms. The molecule has 1 aromatic heterocycles. The summed E-state index contributed by atoms with van der Waals surface area (Å²) in [7, 11) is 0. The quantitative estimate of drug-likeness (QED) is 0.0778. The SMILES string of the molecule is CCCCCCNCCCC(=O)c1ccc(CN(C[C@@H](CNC(=O)c2nc(Cl)c(N)nc2N)Cc2ccccc2C)C(=O)OC(C)(C)C)cc1. The van der Waals surface area contributed by atoms with Crippen LogP contribution in [0.3, 0.4) is 0 Å². The van der Waals surface area contributed by atoms with Crippen LogP contribution in [-0.4, -0.2) is 64.4 Å². The van der Waals surface area contributed by atoms with E-state index in [-0.39, 0.29) is 53.8 Å². The summed E-state index contributed by atoms with van der Waals surface area (Å²) >= 11 is 6.02. The van der Waals surface area contributed by atoms with Crippen molar-refractivity contribution >= 4 is 41.0 Å². The van der Waals surface area contributed by atoms with Gasteiger partial charge in [0.15, 0.2) is 28.3 Å². The first-order chi connectivity index (χ1) is 23.8. The van der Waals surface area contributed by atoms with Crippen LogP contribution in [0.2, 0.25) is 5.15 Å². The Kier molecular flexibility index (Phi) is 16.0. The van der Waals surface area contributed by atoms with Gasteiger partial charge < -0.3 is 31.7 Å². The van der Waals surface area contributed by atoms with Crippen LogP contribution in [-0.2, 0) is 17.7 Å². The zero-order valence-corrected chi connectivity index (χ0v) is 30.9. The van der Waals surface area contributed by atoms with Crippen molar-refractivity contribution in [1.82, 2.24) is 25.5 Å². The topological polar surface area (TPSA) is 166 Å². The highest BCUT2D eigenvalue weighted by Crippen LogP contribution is 2.21. The molecule has 0 saturated heterocycles. The molecule has 272 valence electrons. The number of nitrogens with one attached hydrogen (secondary N) is 2. The molecule has 0 aliphatic carbocycles. The maximum Gasteiger partial charge on any atom is 0.410 e. The smallest absolute Gasteiger partial charge is 0.410 e. The van der Waals surface area contributed by atoms with Gasteiger partial charge in [0.2, 0.25) is 0 Å². The van der Waals surface area contributed by atoms with Gasteiger partial charge in [0.1, 0.15) is 5.60 Å². The molecular formula is C38H54ClN7O4. The Morgan fingerprint density at radius 2 is 1.64 bits per heavy atom. The molecular weight excluding hydrogens is 654 g/mol. The van der Waals surface area contributed by atoms with Crippen LogP contribution in [0.4, 0.5) is 16.4 Å². The summed E-state index contributed by atoms with van der Waals surface area (Å²) in [5, 5.41) is 6.21. The van der Waals surface area contributed by atoms with Crippen LogP contribution in [0.1, 0.15) is 104 Å². The number of nitrogen functional groups attached to an aromatic ring is 2. The van der Waals surface area contributed by atoms with Crippen molar-refractivity contribution < 1.29 is 19.1 Å². The minimum Gasteiger partial charge on any atom is -0.444 e. The molecule has 0 aliphatic rings.